The van der Waals surface area contributed by atoms with E-state index in [1.165, 1.54) is 5.56 Å². The summed E-state index contributed by atoms with van der Waals surface area (Å²) in [5, 5.41) is 14.3. The van der Waals surface area contributed by atoms with Crippen molar-refractivity contribution in [1.82, 2.24) is 4.98 Å². The molecule has 1 aliphatic rings. The average molecular weight is 353 g/mol. The van der Waals surface area contributed by atoms with Gasteiger partial charge in [-0.25, -0.2) is 14.5 Å². The first-order valence-electron chi connectivity index (χ1n) is 8.05. The summed E-state index contributed by atoms with van der Waals surface area (Å²) in [5.74, 6) is 0.664. The summed E-state index contributed by atoms with van der Waals surface area (Å²) in [6, 6.07) is 11.6. The van der Waals surface area contributed by atoms with Gasteiger partial charge >= 0.3 is 11.5 Å². The van der Waals surface area contributed by atoms with Crippen LogP contribution in [0.2, 0.25) is 0 Å². The molecule has 25 heavy (non-hydrogen) atoms. The van der Waals surface area contributed by atoms with Crippen molar-refractivity contribution < 1.29 is 9.49 Å². The summed E-state index contributed by atoms with van der Waals surface area (Å²) in [5.41, 5.74) is 3.41. The Bertz CT molecular complexity index is 937. The van der Waals surface area contributed by atoms with E-state index in [-0.39, 0.29) is 10.6 Å². The number of benzene rings is 1. The Labute approximate surface area is 149 Å². The van der Waals surface area contributed by atoms with E-state index in [2.05, 4.69) is 31.2 Å². The van der Waals surface area contributed by atoms with Crippen LogP contribution in [-0.2, 0) is 13.1 Å². The van der Waals surface area contributed by atoms with Crippen LogP contribution < -0.4 is 9.47 Å². The quantitative estimate of drug-likeness (QED) is 0.410. The number of fused-ring (bicyclic) bond motifs is 1. The molecule has 6 nitrogen and oxygen atoms in total. The molecular formula is C18H17N4O2S+. The van der Waals surface area contributed by atoms with Gasteiger partial charge in [0.25, 0.3) is 0 Å². The molecule has 0 fully saturated rings. The van der Waals surface area contributed by atoms with Crippen molar-refractivity contribution in [3.8, 4) is 10.6 Å². The standard InChI is InChI=1S/C18H17N4O2S/c1-13-4-6-14(7-5-13)17-19-15(12-25-17)11-21-10-9-20-8-2-3-16(18(20)21)22(23)24/h2-8,12H,9-11H2,1H3/q+1. The summed E-state index contributed by atoms with van der Waals surface area (Å²) in [6.07, 6.45) is 1.89. The monoisotopic (exact) mass is 353 g/mol. The smallest absolute Gasteiger partial charge is 0.258 e. The molecule has 0 unspecified atom stereocenters. The van der Waals surface area contributed by atoms with Gasteiger partial charge in [-0.05, 0) is 13.0 Å². The summed E-state index contributed by atoms with van der Waals surface area (Å²) < 4.78 is 1.94. The lowest BCUT2D eigenvalue weighted by Gasteiger charge is -2.08. The van der Waals surface area contributed by atoms with Gasteiger partial charge in [0.05, 0.1) is 16.8 Å². The molecule has 7 heteroatoms. The van der Waals surface area contributed by atoms with E-state index in [4.69, 9.17) is 4.98 Å². The molecule has 0 bridgehead atoms. The number of pyridine rings is 1. The second-order valence-electron chi connectivity index (χ2n) is 6.10. The minimum absolute atomic E-state index is 0.147. The predicted molar refractivity (Wildman–Crippen MR) is 96.6 cm³/mol. The summed E-state index contributed by atoms with van der Waals surface area (Å²) in [7, 11) is 0. The first-order valence-corrected chi connectivity index (χ1v) is 8.93. The fourth-order valence-corrected chi connectivity index (χ4v) is 3.91. The minimum Gasteiger partial charge on any atom is -0.258 e. The number of rotatable bonds is 4. The van der Waals surface area contributed by atoms with E-state index in [1.807, 2.05) is 21.0 Å². The van der Waals surface area contributed by atoms with Gasteiger partial charge in [-0.1, -0.05) is 29.8 Å². The van der Waals surface area contributed by atoms with Crippen LogP contribution in [0.25, 0.3) is 10.6 Å². The Balaban J connectivity index is 1.59. The van der Waals surface area contributed by atoms with Crippen LogP contribution in [0.3, 0.4) is 0 Å². The van der Waals surface area contributed by atoms with Crippen LogP contribution >= 0.6 is 11.3 Å². The van der Waals surface area contributed by atoms with E-state index >= 15 is 0 Å². The third-order valence-corrected chi connectivity index (χ3v) is 5.27. The van der Waals surface area contributed by atoms with Crippen molar-refractivity contribution >= 4 is 22.8 Å². The molecule has 4 rings (SSSR count). The highest BCUT2D eigenvalue weighted by atomic mass is 32.1. The molecule has 0 atom stereocenters. The number of hydrogen-bond acceptors (Lipinski definition) is 5. The second kappa shape index (κ2) is 6.25. The summed E-state index contributed by atoms with van der Waals surface area (Å²) in [4.78, 5) is 17.8. The van der Waals surface area contributed by atoms with E-state index in [0.29, 0.717) is 12.4 Å². The normalized spacial score (nSPS) is 13.1. The lowest BCUT2D eigenvalue weighted by Crippen LogP contribution is -2.31. The van der Waals surface area contributed by atoms with Crippen molar-refractivity contribution in [2.75, 3.05) is 11.4 Å². The van der Waals surface area contributed by atoms with Gasteiger partial charge in [0.15, 0.2) is 0 Å². The molecule has 1 aliphatic heterocycles. The maximum absolute atomic E-state index is 11.3. The fourth-order valence-electron chi connectivity index (χ4n) is 3.09. The molecule has 0 amide bonds. The first kappa shape index (κ1) is 15.7. The van der Waals surface area contributed by atoms with Gasteiger partial charge in [-0.15, -0.1) is 11.3 Å². The van der Waals surface area contributed by atoms with Gasteiger partial charge in [-0.2, -0.15) is 0 Å². The van der Waals surface area contributed by atoms with Crippen LogP contribution in [0.1, 0.15) is 11.3 Å². The van der Waals surface area contributed by atoms with E-state index in [9.17, 15) is 10.1 Å². The average Bonchev–Trinajstić information content (AvgIpc) is 3.23. The van der Waals surface area contributed by atoms with Crippen LogP contribution in [0, 0.1) is 17.0 Å². The molecule has 0 spiro atoms. The third-order valence-electron chi connectivity index (χ3n) is 4.33. The maximum Gasteiger partial charge on any atom is 0.357 e. The molecule has 2 aromatic heterocycles. The Morgan fingerprint density at radius 3 is 2.88 bits per heavy atom. The highest BCUT2D eigenvalue weighted by Gasteiger charge is 2.36. The fraction of sp³-hybridized carbons (Fsp3) is 0.222. The zero-order valence-corrected chi connectivity index (χ0v) is 14.6. The molecule has 0 saturated carbocycles. The minimum atomic E-state index is -0.317. The van der Waals surface area contributed by atoms with E-state index in [1.54, 1.807) is 23.5 Å². The Kier molecular flexibility index (Phi) is 3.93. The molecule has 126 valence electrons. The Morgan fingerprint density at radius 2 is 2.12 bits per heavy atom. The van der Waals surface area contributed by atoms with Crippen molar-refractivity contribution in [2.24, 2.45) is 0 Å². The van der Waals surface area contributed by atoms with Gasteiger partial charge in [0.1, 0.15) is 24.6 Å². The maximum atomic E-state index is 11.3. The van der Waals surface area contributed by atoms with Crippen molar-refractivity contribution in [3.63, 3.8) is 0 Å². The van der Waals surface area contributed by atoms with Gasteiger partial charge in [-0.3, -0.25) is 10.1 Å². The number of nitro groups is 1. The molecule has 0 radical (unpaired) electrons. The molecule has 0 N–H and O–H groups in total. The van der Waals surface area contributed by atoms with Crippen molar-refractivity contribution in [3.05, 3.63) is 69.3 Å². The molecule has 0 saturated heterocycles. The number of aryl methyl sites for hydroxylation is 1. The molecule has 3 heterocycles. The highest BCUT2D eigenvalue weighted by Crippen LogP contribution is 2.29. The molecule has 0 aliphatic carbocycles. The largest absolute Gasteiger partial charge is 0.357 e. The van der Waals surface area contributed by atoms with E-state index < -0.39 is 0 Å². The molecular weight excluding hydrogens is 336 g/mol. The second-order valence-corrected chi connectivity index (χ2v) is 6.96. The van der Waals surface area contributed by atoms with Crippen LogP contribution in [0.15, 0.2) is 48.0 Å². The lowest BCUT2D eigenvalue weighted by molar-refractivity contribution is -0.673. The first-order chi connectivity index (χ1) is 12.1. The number of nitrogens with zero attached hydrogens (tertiary/aromatic N) is 4. The highest BCUT2D eigenvalue weighted by molar-refractivity contribution is 7.13. The van der Waals surface area contributed by atoms with Crippen LogP contribution in [0.5, 0.6) is 0 Å². The SMILES string of the molecule is Cc1ccc(-c2nc(CN3CC[n+]4cccc([N+](=O)[O-])c43)cs2)cc1. The van der Waals surface area contributed by atoms with Crippen LogP contribution in [0.4, 0.5) is 11.5 Å². The number of aromatic nitrogens is 2. The number of hydrogen-bond donors (Lipinski definition) is 0. The zero-order chi connectivity index (χ0) is 17.4. The Morgan fingerprint density at radius 1 is 1.32 bits per heavy atom. The Hall–Kier alpha value is -2.80. The van der Waals surface area contributed by atoms with Crippen molar-refractivity contribution in [1.29, 1.82) is 0 Å². The molecule has 1 aromatic carbocycles. The van der Waals surface area contributed by atoms with Crippen LogP contribution in [-0.4, -0.2) is 16.5 Å². The van der Waals surface area contributed by atoms with Crippen molar-refractivity contribution in [2.45, 2.75) is 20.0 Å². The van der Waals surface area contributed by atoms with Gasteiger partial charge in [0.2, 0.25) is 0 Å². The lowest BCUT2D eigenvalue weighted by atomic mass is 10.2. The number of thiazole rings is 1. The van der Waals surface area contributed by atoms with Gasteiger partial charge < -0.3 is 0 Å². The zero-order valence-electron chi connectivity index (χ0n) is 13.8. The third kappa shape index (κ3) is 2.98. The number of anilines is 1. The summed E-state index contributed by atoms with van der Waals surface area (Å²) in [6.45, 7) is 4.15. The van der Waals surface area contributed by atoms with E-state index in [0.717, 1.165) is 29.4 Å². The van der Waals surface area contributed by atoms with Gasteiger partial charge in [0, 0.05) is 17.0 Å². The summed E-state index contributed by atoms with van der Waals surface area (Å²) >= 11 is 1.61. The molecule has 3 aromatic rings. The topological polar surface area (TPSA) is 63.2 Å². The predicted octanol–water partition coefficient (Wildman–Crippen LogP) is 3.33.